The maximum Gasteiger partial charge on any atom is 0.412 e. The normalized spacial score (nSPS) is 16.5. The van der Waals surface area contributed by atoms with E-state index >= 15 is 0 Å². The molecule has 0 saturated heterocycles. The third-order valence-corrected chi connectivity index (χ3v) is 3.72. The SMILES string of the molecule is Cc1cc(CC2(O)CC2)cc(NC(=O)OC(C)(C)C)c1C. The van der Waals surface area contributed by atoms with Gasteiger partial charge < -0.3 is 9.84 Å². The van der Waals surface area contributed by atoms with E-state index in [2.05, 4.69) is 11.4 Å². The molecule has 0 heterocycles. The lowest BCUT2D eigenvalue weighted by Gasteiger charge is -2.21. The fourth-order valence-corrected chi connectivity index (χ4v) is 2.28. The summed E-state index contributed by atoms with van der Waals surface area (Å²) in [5.41, 5.74) is 2.86. The molecule has 1 aliphatic rings. The minimum atomic E-state index is -0.537. The number of aliphatic hydroxyl groups is 1. The second-order valence-corrected chi connectivity index (χ2v) is 7.11. The number of carbonyl (C=O) groups excluding carboxylic acids is 1. The molecule has 0 aliphatic heterocycles. The topological polar surface area (TPSA) is 58.6 Å². The molecule has 1 aliphatic carbocycles. The minimum absolute atomic E-state index is 0.452. The first-order valence-electron chi connectivity index (χ1n) is 7.40. The fraction of sp³-hybridized carbons (Fsp3) is 0.588. The van der Waals surface area contributed by atoms with Crippen LogP contribution in [0.5, 0.6) is 0 Å². The molecule has 1 aromatic carbocycles. The van der Waals surface area contributed by atoms with E-state index < -0.39 is 17.3 Å². The van der Waals surface area contributed by atoms with Crippen LogP contribution < -0.4 is 5.32 Å². The van der Waals surface area contributed by atoms with Crippen molar-refractivity contribution in [2.75, 3.05) is 5.32 Å². The van der Waals surface area contributed by atoms with E-state index in [1.165, 1.54) is 0 Å². The molecule has 1 saturated carbocycles. The molecule has 0 unspecified atom stereocenters. The summed E-state index contributed by atoms with van der Waals surface area (Å²) in [6.07, 6.45) is 1.90. The van der Waals surface area contributed by atoms with Crippen molar-refractivity contribution in [3.63, 3.8) is 0 Å². The zero-order valence-corrected chi connectivity index (χ0v) is 13.5. The van der Waals surface area contributed by atoms with Gasteiger partial charge in [-0.15, -0.1) is 0 Å². The fourth-order valence-electron chi connectivity index (χ4n) is 2.28. The van der Waals surface area contributed by atoms with Crippen LogP contribution in [0.4, 0.5) is 10.5 Å². The highest BCUT2D eigenvalue weighted by Gasteiger charge is 2.40. The minimum Gasteiger partial charge on any atom is -0.444 e. The predicted molar refractivity (Wildman–Crippen MR) is 83.7 cm³/mol. The third-order valence-electron chi connectivity index (χ3n) is 3.72. The number of carbonyl (C=O) groups is 1. The van der Waals surface area contributed by atoms with Crippen LogP contribution in [0.1, 0.15) is 50.3 Å². The number of benzene rings is 1. The Hall–Kier alpha value is -1.55. The molecule has 0 bridgehead atoms. The number of rotatable bonds is 3. The van der Waals surface area contributed by atoms with Crippen LogP contribution in [0.25, 0.3) is 0 Å². The van der Waals surface area contributed by atoms with E-state index in [-0.39, 0.29) is 0 Å². The van der Waals surface area contributed by atoms with Crippen LogP contribution >= 0.6 is 0 Å². The van der Waals surface area contributed by atoms with Gasteiger partial charge in [-0.2, -0.15) is 0 Å². The molecule has 1 amide bonds. The van der Waals surface area contributed by atoms with Gasteiger partial charge >= 0.3 is 6.09 Å². The van der Waals surface area contributed by atoms with Gasteiger partial charge in [0, 0.05) is 12.1 Å². The maximum absolute atomic E-state index is 11.9. The van der Waals surface area contributed by atoms with Crippen molar-refractivity contribution in [1.82, 2.24) is 0 Å². The number of anilines is 1. The molecule has 1 aromatic rings. The van der Waals surface area contributed by atoms with Gasteiger partial charge in [0.05, 0.1) is 5.60 Å². The van der Waals surface area contributed by atoms with Gasteiger partial charge in [0.15, 0.2) is 0 Å². The molecule has 2 N–H and O–H groups in total. The number of hydrogen-bond acceptors (Lipinski definition) is 3. The summed E-state index contributed by atoms with van der Waals surface area (Å²) in [4.78, 5) is 11.9. The lowest BCUT2D eigenvalue weighted by atomic mass is 9.99. The van der Waals surface area contributed by atoms with Crippen molar-refractivity contribution in [1.29, 1.82) is 0 Å². The largest absolute Gasteiger partial charge is 0.444 e. The Morgan fingerprint density at radius 3 is 2.48 bits per heavy atom. The molecule has 4 heteroatoms. The molecule has 21 heavy (non-hydrogen) atoms. The monoisotopic (exact) mass is 291 g/mol. The Labute approximate surface area is 126 Å². The zero-order chi connectivity index (χ0) is 15.8. The smallest absolute Gasteiger partial charge is 0.412 e. The summed E-state index contributed by atoms with van der Waals surface area (Å²) in [6, 6.07) is 4.01. The van der Waals surface area contributed by atoms with E-state index in [0.717, 1.165) is 35.2 Å². The van der Waals surface area contributed by atoms with E-state index in [4.69, 9.17) is 4.74 Å². The average molecular weight is 291 g/mol. The van der Waals surface area contributed by atoms with Crippen molar-refractivity contribution in [2.45, 2.75) is 65.1 Å². The second kappa shape index (κ2) is 5.34. The molecule has 0 radical (unpaired) electrons. The number of nitrogens with one attached hydrogen (secondary N) is 1. The molecule has 1 fully saturated rings. The quantitative estimate of drug-likeness (QED) is 0.892. The molecular formula is C17H25NO3. The second-order valence-electron chi connectivity index (χ2n) is 7.11. The van der Waals surface area contributed by atoms with Gasteiger partial charge in [-0.05, 0) is 70.2 Å². The van der Waals surface area contributed by atoms with Gasteiger partial charge in [0.2, 0.25) is 0 Å². The molecule has 0 atom stereocenters. The first kappa shape index (κ1) is 15.8. The Kier molecular flexibility index (Phi) is 4.02. The summed E-state index contributed by atoms with van der Waals surface area (Å²) in [7, 11) is 0. The first-order valence-corrected chi connectivity index (χ1v) is 7.40. The summed E-state index contributed by atoms with van der Waals surface area (Å²) < 4.78 is 5.29. The van der Waals surface area contributed by atoms with Crippen LogP contribution in [0.15, 0.2) is 12.1 Å². The lowest BCUT2D eigenvalue weighted by Crippen LogP contribution is -2.27. The van der Waals surface area contributed by atoms with E-state index in [9.17, 15) is 9.90 Å². The van der Waals surface area contributed by atoms with Gasteiger partial charge in [-0.3, -0.25) is 5.32 Å². The summed E-state index contributed by atoms with van der Waals surface area (Å²) in [5, 5.41) is 12.9. The van der Waals surface area contributed by atoms with Crippen molar-refractivity contribution in [2.24, 2.45) is 0 Å². The van der Waals surface area contributed by atoms with Crippen molar-refractivity contribution < 1.29 is 14.6 Å². The zero-order valence-electron chi connectivity index (χ0n) is 13.5. The highest BCUT2D eigenvalue weighted by Crippen LogP contribution is 2.39. The predicted octanol–water partition coefficient (Wildman–Crippen LogP) is 3.72. The van der Waals surface area contributed by atoms with Gasteiger partial charge in [0.25, 0.3) is 0 Å². The van der Waals surface area contributed by atoms with Crippen molar-refractivity contribution in [3.8, 4) is 0 Å². The molecule has 0 spiro atoms. The Balaban J connectivity index is 2.16. The van der Waals surface area contributed by atoms with E-state index in [0.29, 0.717) is 6.42 Å². The van der Waals surface area contributed by atoms with Crippen LogP contribution in [-0.4, -0.2) is 22.4 Å². The number of ether oxygens (including phenoxy) is 1. The number of aryl methyl sites for hydroxylation is 1. The summed E-state index contributed by atoms with van der Waals surface area (Å²) in [6.45, 7) is 9.49. The van der Waals surface area contributed by atoms with E-state index in [1.807, 2.05) is 40.7 Å². The Morgan fingerprint density at radius 1 is 1.33 bits per heavy atom. The maximum atomic E-state index is 11.9. The lowest BCUT2D eigenvalue weighted by molar-refractivity contribution is 0.0636. The molecule has 116 valence electrons. The van der Waals surface area contributed by atoms with Crippen LogP contribution in [0.3, 0.4) is 0 Å². The van der Waals surface area contributed by atoms with E-state index in [1.54, 1.807) is 0 Å². The summed E-state index contributed by atoms with van der Waals surface area (Å²) >= 11 is 0. The molecule has 2 rings (SSSR count). The Morgan fingerprint density at radius 2 is 1.95 bits per heavy atom. The highest BCUT2D eigenvalue weighted by atomic mass is 16.6. The summed E-state index contributed by atoms with van der Waals surface area (Å²) in [5.74, 6) is 0. The van der Waals surface area contributed by atoms with Gasteiger partial charge in [-0.1, -0.05) is 6.07 Å². The standard InChI is InChI=1S/C17H25NO3/c1-11-8-13(10-17(20)6-7-17)9-14(12(11)2)18-15(19)21-16(3,4)5/h8-9,20H,6-7,10H2,1-5H3,(H,18,19). The highest BCUT2D eigenvalue weighted by molar-refractivity contribution is 5.86. The molecule has 4 nitrogen and oxygen atoms in total. The van der Waals surface area contributed by atoms with Crippen LogP contribution in [-0.2, 0) is 11.2 Å². The molecule has 0 aromatic heterocycles. The number of hydrogen-bond donors (Lipinski definition) is 2. The van der Waals surface area contributed by atoms with Crippen molar-refractivity contribution in [3.05, 3.63) is 28.8 Å². The van der Waals surface area contributed by atoms with Crippen LogP contribution in [0, 0.1) is 13.8 Å². The average Bonchev–Trinajstić information content (AvgIpc) is 3.00. The number of amides is 1. The van der Waals surface area contributed by atoms with Crippen LogP contribution in [0.2, 0.25) is 0 Å². The van der Waals surface area contributed by atoms with Crippen molar-refractivity contribution >= 4 is 11.8 Å². The van der Waals surface area contributed by atoms with Gasteiger partial charge in [0.1, 0.15) is 5.60 Å². The Bertz CT molecular complexity index is 554. The third kappa shape index (κ3) is 4.46. The molecular weight excluding hydrogens is 266 g/mol. The van der Waals surface area contributed by atoms with Gasteiger partial charge in [-0.25, -0.2) is 4.79 Å². The first-order chi connectivity index (χ1) is 9.58.